The summed E-state index contributed by atoms with van der Waals surface area (Å²) in [6.45, 7) is 12.0. The number of rotatable bonds is 14. The van der Waals surface area contributed by atoms with Crippen LogP contribution in [-0.2, 0) is 30.9 Å². The smallest absolute Gasteiger partial charge is 0.337 e. The molecule has 0 bridgehead atoms. The Hall–Kier alpha value is -7.62. The fourth-order valence-corrected chi connectivity index (χ4v) is 8.53. The number of fused-ring (bicyclic) bond motifs is 2. The molecule has 0 fully saturated rings. The van der Waals surface area contributed by atoms with Crippen molar-refractivity contribution in [2.45, 2.75) is 66.0 Å². The first-order valence-electron chi connectivity index (χ1n) is 22.3. The minimum atomic E-state index is -0.972. The van der Waals surface area contributed by atoms with Crippen molar-refractivity contribution in [2.75, 3.05) is 68.0 Å². The third-order valence-electron chi connectivity index (χ3n) is 12.2. The number of carbonyl (C=O) groups is 4. The Bertz CT molecular complexity index is 2760. The summed E-state index contributed by atoms with van der Waals surface area (Å²) in [4.78, 5) is 58.0. The number of aromatic carboxylic acids is 1. The van der Waals surface area contributed by atoms with Gasteiger partial charge in [-0.25, -0.2) is 19.0 Å². The summed E-state index contributed by atoms with van der Waals surface area (Å²) in [7, 11) is 9.45. The van der Waals surface area contributed by atoms with E-state index in [1.54, 1.807) is 36.4 Å². The Morgan fingerprint density at radius 2 is 1.03 bits per heavy atom. The van der Waals surface area contributed by atoms with Crippen molar-refractivity contribution >= 4 is 46.8 Å². The highest BCUT2D eigenvalue weighted by Crippen LogP contribution is 2.33. The molecule has 0 saturated carbocycles. The first-order valence-corrected chi connectivity index (χ1v) is 22.3. The van der Waals surface area contributed by atoms with Gasteiger partial charge in [0.15, 0.2) is 0 Å². The standard InChI is InChI=1S/C26H31N5O3.C25H29N5O3/c1-17(20-9-11-21(12-10-20)26(33)34-5)27-24(32)23-18(2)28-31-14-13-30(25(23)31)16-19-7-6-8-22(15-19)29(3)4;1-16(19-8-10-20(11-9-19)25(32)33)26-23(31)22-17(2)27-30-13-12-29(24(22)30)15-18-6-5-7-21(14-18)28(3)4/h6-12,15,17H,13-14,16H2,1-5H3,(H,27,32);5-11,14,16H,12-13,15H2,1-4H3,(H,26,31)(H,32,33)/t17-;16-/m00/s1. The van der Waals surface area contributed by atoms with E-state index in [2.05, 4.69) is 82.9 Å². The largest absolute Gasteiger partial charge is 0.478 e. The molecule has 16 heteroatoms. The molecule has 16 nitrogen and oxygen atoms in total. The highest BCUT2D eigenvalue weighted by molar-refractivity contribution is 6.01. The number of hydrogen-bond donors (Lipinski definition) is 3. The van der Waals surface area contributed by atoms with Gasteiger partial charge in [-0.1, -0.05) is 48.5 Å². The molecule has 0 unspecified atom stereocenters. The summed E-state index contributed by atoms with van der Waals surface area (Å²) >= 11 is 0. The zero-order chi connectivity index (χ0) is 48.1. The number of carboxylic acid groups (broad SMARTS) is 1. The van der Waals surface area contributed by atoms with Crippen molar-refractivity contribution in [3.05, 3.63) is 153 Å². The minimum Gasteiger partial charge on any atom is -0.478 e. The van der Waals surface area contributed by atoms with Gasteiger partial charge in [0.1, 0.15) is 22.8 Å². The number of nitrogens with zero attached hydrogens (tertiary/aromatic N) is 8. The SMILES string of the molecule is COC(=O)c1ccc([C@H](C)NC(=O)c2c(C)nn3c2N(Cc2cccc(N(C)C)c2)CC3)cc1.Cc1nn2c(c1C(=O)N[C@@H](C)c1ccc(C(=O)O)cc1)N(Cc1cccc(N(C)C)c1)CC2. The Balaban J connectivity index is 0.000000199. The first-order chi connectivity index (χ1) is 32.0. The Kier molecular flexibility index (Phi) is 14.3. The van der Waals surface area contributed by atoms with Crippen molar-refractivity contribution in [3.63, 3.8) is 0 Å². The van der Waals surface area contributed by atoms with Crippen molar-refractivity contribution in [1.82, 2.24) is 30.2 Å². The van der Waals surface area contributed by atoms with E-state index in [1.807, 2.05) is 83.4 Å². The number of anilines is 4. The molecular formula is C51H60N10O6. The zero-order valence-corrected chi connectivity index (χ0v) is 39.7. The number of methoxy groups -OCH3 is 1. The predicted octanol–water partition coefficient (Wildman–Crippen LogP) is 7.02. The minimum absolute atomic E-state index is 0.155. The van der Waals surface area contributed by atoms with Gasteiger partial charge in [-0.05, 0) is 98.5 Å². The molecule has 0 aliphatic carbocycles. The molecule has 0 saturated heterocycles. The van der Waals surface area contributed by atoms with Gasteiger partial charge in [0.2, 0.25) is 0 Å². The summed E-state index contributed by atoms with van der Waals surface area (Å²) in [5, 5.41) is 24.5. The number of esters is 1. The lowest BCUT2D eigenvalue weighted by Gasteiger charge is -2.21. The molecule has 0 radical (unpaired) electrons. The average Bonchev–Trinajstić information content (AvgIpc) is 4.06. The van der Waals surface area contributed by atoms with Crippen LogP contribution in [0.15, 0.2) is 97.1 Å². The number of hydrogen-bond acceptors (Lipinski definition) is 11. The topological polar surface area (TPSA) is 170 Å². The molecule has 6 aromatic rings. The molecule has 0 spiro atoms. The number of benzene rings is 4. The van der Waals surface area contributed by atoms with E-state index in [1.165, 1.54) is 18.2 Å². The molecule has 4 aromatic carbocycles. The lowest BCUT2D eigenvalue weighted by Crippen LogP contribution is -2.29. The van der Waals surface area contributed by atoms with E-state index >= 15 is 0 Å². The predicted molar refractivity (Wildman–Crippen MR) is 261 cm³/mol. The van der Waals surface area contributed by atoms with Crippen LogP contribution in [0.25, 0.3) is 0 Å². The highest BCUT2D eigenvalue weighted by Gasteiger charge is 2.32. The molecule has 2 amide bonds. The van der Waals surface area contributed by atoms with Gasteiger partial charge in [0.25, 0.3) is 11.8 Å². The van der Waals surface area contributed by atoms with E-state index < -0.39 is 5.97 Å². The third kappa shape index (κ3) is 10.6. The molecule has 2 aromatic heterocycles. The second-order valence-corrected chi connectivity index (χ2v) is 17.4. The first kappa shape index (κ1) is 47.3. The third-order valence-corrected chi connectivity index (χ3v) is 12.2. The normalized spacial score (nSPS) is 13.4. The van der Waals surface area contributed by atoms with Gasteiger partial charge in [0, 0.05) is 65.7 Å². The van der Waals surface area contributed by atoms with Gasteiger partial charge >= 0.3 is 11.9 Å². The van der Waals surface area contributed by atoms with Crippen LogP contribution in [-0.4, -0.2) is 96.8 Å². The second kappa shape index (κ2) is 20.3. The van der Waals surface area contributed by atoms with Gasteiger partial charge in [0.05, 0.1) is 54.8 Å². The number of carbonyl (C=O) groups excluding carboxylic acids is 3. The number of aryl methyl sites for hydroxylation is 2. The van der Waals surface area contributed by atoms with Gasteiger partial charge < -0.3 is 40.1 Å². The summed E-state index contributed by atoms with van der Waals surface area (Å²) in [6, 6.07) is 29.9. The number of carboxylic acids is 1. The van der Waals surface area contributed by atoms with Crippen LogP contribution >= 0.6 is 0 Å². The molecular weight excluding hydrogens is 849 g/mol. The number of aromatic nitrogens is 4. The molecule has 67 heavy (non-hydrogen) atoms. The molecule has 4 heterocycles. The van der Waals surface area contributed by atoms with E-state index in [-0.39, 0.29) is 35.4 Å². The van der Waals surface area contributed by atoms with Gasteiger partial charge in [-0.3, -0.25) is 9.59 Å². The van der Waals surface area contributed by atoms with Crippen molar-refractivity contribution in [2.24, 2.45) is 0 Å². The van der Waals surface area contributed by atoms with Crippen LogP contribution in [0, 0.1) is 13.8 Å². The Labute approximate surface area is 391 Å². The summed E-state index contributed by atoms with van der Waals surface area (Å²) in [5.74, 6) is 0.00737. The van der Waals surface area contributed by atoms with Crippen molar-refractivity contribution in [3.8, 4) is 0 Å². The van der Waals surface area contributed by atoms with Crippen LogP contribution in [0.2, 0.25) is 0 Å². The number of ether oxygens (including phenoxy) is 1. The van der Waals surface area contributed by atoms with Crippen LogP contribution in [0.4, 0.5) is 23.0 Å². The van der Waals surface area contributed by atoms with Crippen LogP contribution in [0.3, 0.4) is 0 Å². The number of nitrogens with one attached hydrogen (secondary N) is 2. The van der Waals surface area contributed by atoms with E-state index in [9.17, 15) is 19.2 Å². The highest BCUT2D eigenvalue weighted by atomic mass is 16.5. The summed E-state index contributed by atoms with van der Waals surface area (Å²) < 4.78 is 8.59. The Morgan fingerprint density at radius 3 is 1.40 bits per heavy atom. The van der Waals surface area contributed by atoms with E-state index in [4.69, 9.17) is 9.84 Å². The lowest BCUT2D eigenvalue weighted by atomic mass is 10.1. The van der Waals surface area contributed by atoms with E-state index in [0.717, 1.165) is 60.3 Å². The van der Waals surface area contributed by atoms with E-state index in [0.29, 0.717) is 41.2 Å². The van der Waals surface area contributed by atoms with Gasteiger partial charge in [-0.15, -0.1) is 0 Å². The summed E-state index contributed by atoms with van der Waals surface area (Å²) in [6.07, 6.45) is 0. The van der Waals surface area contributed by atoms with Gasteiger partial charge in [-0.2, -0.15) is 10.2 Å². The lowest BCUT2D eigenvalue weighted by molar-refractivity contribution is 0.0599. The molecule has 2 aliphatic heterocycles. The maximum atomic E-state index is 13.4. The van der Waals surface area contributed by atoms with Crippen LogP contribution < -0.4 is 30.2 Å². The fraction of sp³-hybridized carbons (Fsp3) is 0.333. The second-order valence-electron chi connectivity index (χ2n) is 17.4. The van der Waals surface area contributed by atoms with Crippen LogP contribution in [0.5, 0.6) is 0 Å². The quantitative estimate of drug-likeness (QED) is 0.0957. The van der Waals surface area contributed by atoms with Crippen LogP contribution in [0.1, 0.15) is 101 Å². The molecule has 2 atom stereocenters. The Morgan fingerprint density at radius 1 is 0.627 bits per heavy atom. The number of amides is 2. The van der Waals surface area contributed by atoms with Crippen molar-refractivity contribution in [1.29, 1.82) is 0 Å². The maximum Gasteiger partial charge on any atom is 0.337 e. The zero-order valence-electron chi connectivity index (χ0n) is 39.7. The van der Waals surface area contributed by atoms with Crippen molar-refractivity contribution < 1.29 is 29.0 Å². The molecule has 350 valence electrons. The fourth-order valence-electron chi connectivity index (χ4n) is 8.53. The molecule has 8 rings (SSSR count). The molecule has 3 N–H and O–H groups in total. The maximum absolute atomic E-state index is 13.4. The summed E-state index contributed by atoms with van der Waals surface area (Å²) in [5.41, 5.74) is 9.69. The average molecular weight is 909 g/mol. The molecule has 2 aliphatic rings. The monoisotopic (exact) mass is 908 g/mol.